The summed E-state index contributed by atoms with van der Waals surface area (Å²) in [7, 11) is 0. The summed E-state index contributed by atoms with van der Waals surface area (Å²) in [6.07, 6.45) is 10.2. The Balaban J connectivity index is 1.08. The number of benzene rings is 2. The van der Waals surface area contributed by atoms with Gasteiger partial charge in [0.2, 0.25) is 0 Å². The number of rotatable bonds is 3. The second-order valence-electron chi connectivity index (χ2n) is 10.6. The van der Waals surface area contributed by atoms with Crippen LogP contribution in [-0.4, -0.2) is 26.0 Å². The zero-order valence-corrected chi connectivity index (χ0v) is 19.4. The Bertz CT molecular complexity index is 1420. The first-order chi connectivity index (χ1) is 16.7. The van der Waals surface area contributed by atoms with E-state index in [9.17, 15) is 0 Å². The van der Waals surface area contributed by atoms with Gasteiger partial charge in [0, 0.05) is 23.1 Å². The molecule has 0 bridgehead atoms. The molecule has 4 aromatic rings. The monoisotopic (exact) mass is 447 g/mol. The molecule has 3 heterocycles. The molecule has 1 saturated heterocycles. The molecular formula is C29H29N5. The molecule has 170 valence electrons. The Morgan fingerprint density at radius 2 is 1.74 bits per heavy atom. The van der Waals surface area contributed by atoms with E-state index in [0.29, 0.717) is 18.0 Å². The van der Waals surface area contributed by atoms with E-state index in [4.69, 9.17) is 4.98 Å². The topological polar surface area (TPSA) is 69.4 Å². The highest BCUT2D eigenvalue weighted by Crippen LogP contribution is 2.45. The van der Waals surface area contributed by atoms with Gasteiger partial charge < -0.3 is 15.3 Å². The molecule has 3 N–H and O–H groups in total. The van der Waals surface area contributed by atoms with Crippen molar-refractivity contribution in [3.63, 3.8) is 0 Å². The standard InChI is InChI=1S/C29H29N5/c1-17-2-5-22(10-17)28-31-16-27(34-28)21-8-7-19-11-18(3-6-20(19)12-21)4-9-24-15-30-29(32-24)26-14-23-13-25(23)33-26/h3,6-8,11-12,15-17,22-23,25-26,33H,2,5,10,13-14H2,1H3,(H,30,32)(H,31,34)/t17-,22+,23+,25+,26-/m0/s1. The minimum atomic E-state index is 0.363. The van der Waals surface area contributed by atoms with Gasteiger partial charge in [0.25, 0.3) is 0 Å². The van der Waals surface area contributed by atoms with Gasteiger partial charge in [-0.1, -0.05) is 31.0 Å². The summed E-state index contributed by atoms with van der Waals surface area (Å²) in [6.45, 7) is 2.34. The number of imidazole rings is 2. The second kappa shape index (κ2) is 7.85. The second-order valence-corrected chi connectivity index (χ2v) is 10.6. The molecule has 5 nitrogen and oxygen atoms in total. The van der Waals surface area contributed by atoms with Crippen molar-refractivity contribution in [3.8, 4) is 23.1 Å². The third-order valence-electron chi connectivity index (χ3n) is 7.97. The highest BCUT2D eigenvalue weighted by molar-refractivity contribution is 5.88. The first-order valence-electron chi connectivity index (χ1n) is 12.6. The molecule has 0 spiro atoms. The summed E-state index contributed by atoms with van der Waals surface area (Å²) in [5, 5.41) is 6.04. The van der Waals surface area contributed by atoms with E-state index < -0.39 is 0 Å². The molecule has 3 aliphatic rings. The number of fused-ring (bicyclic) bond motifs is 2. The van der Waals surface area contributed by atoms with Crippen LogP contribution in [0.1, 0.15) is 73.9 Å². The summed E-state index contributed by atoms with van der Waals surface area (Å²) in [6, 6.07) is 14.1. The normalized spacial score (nSPS) is 27.5. The predicted octanol–water partition coefficient (Wildman–Crippen LogP) is 5.68. The van der Waals surface area contributed by atoms with Gasteiger partial charge in [0.05, 0.1) is 24.1 Å². The molecule has 5 atom stereocenters. The van der Waals surface area contributed by atoms with Crippen molar-refractivity contribution < 1.29 is 0 Å². The van der Waals surface area contributed by atoms with E-state index >= 15 is 0 Å². The zero-order chi connectivity index (χ0) is 22.6. The molecule has 5 heteroatoms. The Morgan fingerprint density at radius 1 is 0.853 bits per heavy atom. The molecule has 7 rings (SSSR count). The van der Waals surface area contributed by atoms with E-state index in [1.165, 1.54) is 48.4 Å². The number of aromatic nitrogens is 4. The summed E-state index contributed by atoms with van der Waals surface area (Å²) in [5.41, 5.74) is 4.17. The Morgan fingerprint density at radius 3 is 2.59 bits per heavy atom. The average molecular weight is 448 g/mol. The molecule has 34 heavy (non-hydrogen) atoms. The summed E-state index contributed by atoms with van der Waals surface area (Å²) < 4.78 is 0. The molecule has 3 fully saturated rings. The van der Waals surface area contributed by atoms with Crippen LogP contribution in [0.5, 0.6) is 0 Å². The molecule has 1 aliphatic heterocycles. The molecule has 0 radical (unpaired) electrons. The molecule has 0 amide bonds. The highest BCUT2D eigenvalue weighted by atomic mass is 15.1. The third-order valence-corrected chi connectivity index (χ3v) is 7.97. The quantitative estimate of drug-likeness (QED) is 0.354. The molecule has 0 unspecified atom stereocenters. The fourth-order valence-corrected chi connectivity index (χ4v) is 5.89. The van der Waals surface area contributed by atoms with Crippen molar-refractivity contribution in [1.82, 2.24) is 25.3 Å². The van der Waals surface area contributed by atoms with Crippen molar-refractivity contribution in [3.05, 3.63) is 71.7 Å². The molecule has 2 saturated carbocycles. The molecule has 2 aromatic carbocycles. The van der Waals surface area contributed by atoms with Crippen LogP contribution >= 0.6 is 0 Å². The lowest BCUT2D eigenvalue weighted by Crippen LogP contribution is -2.18. The number of hydrogen-bond donors (Lipinski definition) is 3. The smallest absolute Gasteiger partial charge is 0.124 e. The maximum absolute atomic E-state index is 4.70. The number of H-pyrrole nitrogens is 2. The summed E-state index contributed by atoms with van der Waals surface area (Å²) >= 11 is 0. The summed E-state index contributed by atoms with van der Waals surface area (Å²) in [5.74, 6) is 11.0. The lowest BCUT2D eigenvalue weighted by atomic mass is 10.0. The van der Waals surface area contributed by atoms with Gasteiger partial charge in [-0.15, -0.1) is 0 Å². The van der Waals surface area contributed by atoms with Gasteiger partial charge >= 0.3 is 0 Å². The van der Waals surface area contributed by atoms with E-state index in [0.717, 1.165) is 40.4 Å². The predicted molar refractivity (Wildman–Crippen MR) is 134 cm³/mol. The highest BCUT2D eigenvalue weighted by Gasteiger charge is 2.46. The Labute approximate surface area is 199 Å². The SMILES string of the molecule is C[C@H]1CC[C@@H](c2ncc(-c3ccc4cc(C#Cc5cnc([C@@H]6C[C@H]7C[C@H]7N6)[nH]5)ccc4c3)[nH]2)C1. The van der Waals surface area contributed by atoms with Gasteiger partial charge in [0.15, 0.2) is 0 Å². The van der Waals surface area contributed by atoms with Crippen LogP contribution in [0.15, 0.2) is 48.8 Å². The number of piperidine rings is 1. The van der Waals surface area contributed by atoms with Crippen LogP contribution in [-0.2, 0) is 0 Å². The number of hydrogen-bond acceptors (Lipinski definition) is 3. The Kier molecular flexibility index (Phi) is 4.63. The maximum atomic E-state index is 4.70. The van der Waals surface area contributed by atoms with Crippen molar-refractivity contribution in [1.29, 1.82) is 0 Å². The van der Waals surface area contributed by atoms with Crippen LogP contribution in [0.2, 0.25) is 0 Å². The first kappa shape index (κ1) is 20.1. The van der Waals surface area contributed by atoms with Crippen molar-refractivity contribution in [2.75, 3.05) is 0 Å². The number of aromatic amines is 2. The van der Waals surface area contributed by atoms with Gasteiger partial charge in [-0.25, -0.2) is 9.97 Å². The zero-order valence-electron chi connectivity index (χ0n) is 19.4. The minimum absolute atomic E-state index is 0.363. The van der Waals surface area contributed by atoms with E-state index in [1.54, 1.807) is 0 Å². The van der Waals surface area contributed by atoms with Crippen molar-refractivity contribution >= 4 is 10.8 Å². The Hall–Kier alpha value is -3.36. The summed E-state index contributed by atoms with van der Waals surface area (Å²) in [4.78, 5) is 16.2. The third kappa shape index (κ3) is 3.73. The van der Waals surface area contributed by atoms with Gasteiger partial charge in [-0.2, -0.15) is 0 Å². The largest absolute Gasteiger partial charge is 0.342 e. The maximum Gasteiger partial charge on any atom is 0.124 e. The van der Waals surface area contributed by atoms with Gasteiger partial charge in [0.1, 0.15) is 17.3 Å². The van der Waals surface area contributed by atoms with Crippen molar-refractivity contribution in [2.24, 2.45) is 11.8 Å². The van der Waals surface area contributed by atoms with Crippen LogP contribution < -0.4 is 5.32 Å². The number of nitrogens with zero attached hydrogens (tertiary/aromatic N) is 2. The van der Waals surface area contributed by atoms with E-state index in [1.807, 2.05) is 12.4 Å². The van der Waals surface area contributed by atoms with Crippen LogP contribution in [0.25, 0.3) is 22.0 Å². The molecule has 2 aliphatic carbocycles. The lowest BCUT2D eigenvalue weighted by molar-refractivity contribution is 0.543. The van der Waals surface area contributed by atoms with Gasteiger partial charge in [-0.3, -0.25) is 0 Å². The number of nitrogens with one attached hydrogen (secondary N) is 3. The van der Waals surface area contributed by atoms with E-state index in [-0.39, 0.29) is 0 Å². The van der Waals surface area contributed by atoms with Crippen molar-refractivity contribution in [2.45, 2.75) is 57.0 Å². The van der Waals surface area contributed by atoms with Crippen LogP contribution in [0.4, 0.5) is 0 Å². The minimum Gasteiger partial charge on any atom is -0.342 e. The molecular weight excluding hydrogens is 418 g/mol. The van der Waals surface area contributed by atoms with Gasteiger partial charge in [-0.05, 0) is 78.8 Å². The fourth-order valence-electron chi connectivity index (χ4n) is 5.89. The fraction of sp³-hybridized carbons (Fsp3) is 0.379. The molecule has 2 aromatic heterocycles. The lowest BCUT2D eigenvalue weighted by Gasteiger charge is -2.08. The average Bonchev–Trinajstić information content (AvgIpc) is 3.41. The van der Waals surface area contributed by atoms with Crippen LogP contribution in [0.3, 0.4) is 0 Å². The van der Waals surface area contributed by atoms with E-state index in [2.05, 4.69) is 75.4 Å². The first-order valence-corrected chi connectivity index (χ1v) is 12.6. The van der Waals surface area contributed by atoms with Crippen LogP contribution in [0, 0.1) is 23.7 Å².